The molecular weight excluding hydrogens is 424 g/mol. The van der Waals surface area contributed by atoms with Crippen LogP contribution in [0.25, 0.3) is 0 Å². The fraction of sp³-hybridized carbons (Fsp3) is 0.250. The number of urea groups is 1. The molecule has 0 spiro atoms. The summed E-state index contributed by atoms with van der Waals surface area (Å²) >= 11 is 3.30. The molecule has 0 heterocycles. The van der Waals surface area contributed by atoms with E-state index in [4.69, 9.17) is 0 Å². The Labute approximate surface area is 172 Å². The van der Waals surface area contributed by atoms with E-state index < -0.39 is 0 Å². The molecule has 0 saturated carbocycles. The third kappa shape index (κ3) is 7.40. The lowest BCUT2D eigenvalue weighted by Gasteiger charge is -2.11. The molecule has 0 bridgehead atoms. The molecule has 0 fully saturated rings. The van der Waals surface area contributed by atoms with Crippen LogP contribution >= 0.6 is 15.9 Å². The van der Waals surface area contributed by atoms with Crippen LogP contribution in [0.1, 0.15) is 29.8 Å². The summed E-state index contributed by atoms with van der Waals surface area (Å²) in [5, 5.41) is 10.8. The maximum absolute atomic E-state index is 12.0. The Morgan fingerprint density at radius 3 is 2.36 bits per heavy atom. The number of halogens is 1. The van der Waals surface area contributed by atoms with Crippen LogP contribution in [0, 0.1) is 0 Å². The van der Waals surface area contributed by atoms with E-state index in [1.54, 1.807) is 30.3 Å². The predicted octanol–water partition coefficient (Wildman–Crippen LogP) is 3.03. The molecule has 0 unspecified atom stereocenters. The third-order valence-electron chi connectivity index (χ3n) is 3.62. The summed E-state index contributed by atoms with van der Waals surface area (Å²) in [6, 6.07) is 13.9. The van der Waals surface area contributed by atoms with Crippen molar-refractivity contribution in [3.63, 3.8) is 0 Å². The van der Waals surface area contributed by atoms with Gasteiger partial charge < -0.3 is 21.3 Å². The molecule has 0 radical (unpaired) electrons. The first-order valence-electron chi connectivity index (χ1n) is 8.80. The summed E-state index contributed by atoms with van der Waals surface area (Å²) in [4.78, 5) is 35.6. The highest BCUT2D eigenvalue weighted by Gasteiger charge is 2.08. The minimum Gasteiger partial charge on any atom is -0.350 e. The molecule has 2 rings (SSSR count). The first kappa shape index (κ1) is 21.4. The summed E-state index contributed by atoms with van der Waals surface area (Å²) < 4.78 is 0.796. The Kier molecular flexibility index (Phi) is 8.01. The van der Waals surface area contributed by atoms with E-state index in [2.05, 4.69) is 37.2 Å². The van der Waals surface area contributed by atoms with E-state index in [-0.39, 0.29) is 30.4 Å². The molecule has 8 heteroatoms. The molecular formula is C20H23BrN4O3. The monoisotopic (exact) mass is 446 g/mol. The fourth-order valence-electron chi connectivity index (χ4n) is 2.29. The number of carbonyl (C=O) groups is 3. The second-order valence-corrected chi connectivity index (χ2v) is 7.34. The minimum absolute atomic E-state index is 0.0541. The van der Waals surface area contributed by atoms with Crippen LogP contribution in [0.4, 0.5) is 10.5 Å². The van der Waals surface area contributed by atoms with Gasteiger partial charge in [0.15, 0.2) is 0 Å². The van der Waals surface area contributed by atoms with E-state index in [0.29, 0.717) is 17.8 Å². The summed E-state index contributed by atoms with van der Waals surface area (Å²) in [6.45, 7) is 3.98. The van der Waals surface area contributed by atoms with Gasteiger partial charge in [0.1, 0.15) is 0 Å². The van der Waals surface area contributed by atoms with Crippen molar-refractivity contribution in [2.45, 2.75) is 26.4 Å². The summed E-state index contributed by atoms with van der Waals surface area (Å²) in [6.07, 6.45) is 0. The Morgan fingerprint density at radius 1 is 1.00 bits per heavy atom. The highest BCUT2D eigenvalue weighted by atomic mass is 79.9. The second-order valence-electron chi connectivity index (χ2n) is 6.42. The van der Waals surface area contributed by atoms with Crippen molar-refractivity contribution in [2.24, 2.45) is 0 Å². The number of anilines is 1. The Balaban J connectivity index is 1.75. The Bertz CT molecular complexity index is 838. The van der Waals surface area contributed by atoms with E-state index in [1.807, 2.05) is 32.0 Å². The SMILES string of the molecule is CC(C)NC(=O)Nc1ccc(CNC(=O)CNC(=O)c2cccc(Br)c2)cc1. The zero-order chi connectivity index (χ0) is 20.5. The molecule has 4 N–H and O–H groups in total. The van der Waals surface area contributed by atoms with Gasteiger partial charge in [-0.2, -0.15) is 0 Å². The van der Waals surface area contributed by atoms with Gasteiger partial charge in [-0.25, -0.2) is 4.79 Å². The van der Waals surface area contributed by atoms with Gasteiger partial charge in [-0.15, -0.1) is 0 Å². The van der Waals surface area contributed by atoms with Gasteiger partial charge in [-0.3, -0.25) is 9.59 Å². The Morgan fingerprint density at radius 2 is 1.71 bits per heavy atom. The average Bonchev–Trinajstić information content (AvgIpc) is 2.64. The van der Waals surface area contributed by atoms with Crippen LogP contribution in [-0.2, 0) is 11.3 Å². The predicted molar refractivity (Wildman–Crippen MR) is 112 cm³/mol. The molecule has 0 saturated heterocycles. The number of hydrogen-bond acceptors (Lipinski definition) is 3. The molecule has 0 aliphatic heterocycles. The van der Waals surface area contributed by atoms with Crippen molar-refractivity contribution >= 4 is 39.5 Å². The fourth-order valence-corrected chi connectivity index (χ4v) is 2.69. The van der Waals surface area contributed by atoms with Gasteiger partial charge in [0, 0.05) is 28.3 Å². The number of nitrogens with one attached hydrogen (secondary N) is 4. The average molecular weight is 447 g/mol. The molecule has 0 aliphatic carbocycles. The molecule has 7 nitrogen and oxygen atoms in total. The maximum atomic E-state index is 12.0. The minimum atomic E-state index is -0.313. The third-order valence-corrected chi connectivity index (χ3v) is 4.11. The smallest absolute Gasteiger partial charge is 0.319 e. The topological polar surface area (TPSA) is 99.3 Å². The zero-order valence-electron chi connectivity index (χ0n) is 15.7. The second kappa shape index (κ2) is 10.5. The van der Waals surface area contributed by atoms with Crippen molar-refractivity contribution < 1.29 is 14.4 Å². The molecule has 28 heavy (non-hydrogen) atoms. The van der Waals surface area contributed by atoms with E-state index in [9.17, 15) is 14.4 Å². The lowest BCUT2D eigenvalue weighted by atomic mass is 10.2. The van der Waals surface area contributed by atoms with Crippen LogP contribution in [0.3, 0.4) is 0 Å². The van der Waals surface area contributed by atoms with Gasteiger partial charge in [-0.05, 0) is 49.7 Å². The van der Waals surface area contributed by atoms with Crippen molar-refractivity contribution in [3.05, 3.63) is 64.1 Å². The van der Waals surface area contributed by atoms with Gasteiger partial charge in [0.05, 0.1) is 6.54 Å². The molecule has 0 aliphatic rings. The van der Waals surface area contributed by atoms with Crippen LogP contribution in [-0.4, -0.2) is 30.4 Å². The first-order valence-corrected chi connectivity index (χ1v) is 9.59. The molecule has 0 aromatic heterocycles. The lowest BCUT2D eigenvalue weighted by molar-refractivity contribution is -0.120. The molecule has 0 atom stereocenters. The van der Waals surface area contributed by atoms with E-state index in [0.717, 1.165) is 10.0 Å². The summed E-state index contributed by atoms with van der Waals surface area (Å²) in [7, 11) is 0. The van der Waals surface area contributed by atoms with Crippen molar-refractivity contribution in [1.82, 2.24) is 16.0 Å². The van der Waals surface area contributed by atoms with E-state index in [1.165, 1.54) is 0 Å². The molecule has 4 amide bonds. The number of carbonyl (C=O) groups excluding carboxylic acids is 3. The van der Waals surface area contributed by atoms with Gasteiger partial charge in [-0.1, -0.05) is 34.1 Å². The van der Waals surface area contributed by atoms with Crippen molar-refractivity contribution in [3.8, 4) is 0 Å². The summed E-state index contributed by atoms with van der Waals surface area (Å²) in [5.74, 6) is -0.603. The highest BCUT2D eigenvalue weighted by molar-refractivity contribution is 9.10. The first-order chi connectivity index (χ1) is 13.3. The largest absolute Gasteiger partial charge is 0.350 e. The van der Waals surface area contributed by atoms with Crippen molar-refractivity contribution in [2.75, 3.05) is 11.9 Å². The Hall–Kier alpha value is -2.87. The lowest BCUT2D eigenvalue weighted by Crippen LogP contribution is -2.36. The maximum Gasteiger partial charge on any atom is 0.319 e. The quantitative estimate of drug-likeness (QED) is 0.525. The number of amides is 4. The number of hydrogen-bond donors (Lipinski definition) is 4. The van der Waals surface area contributed by atoms with Crippen LogP contribution in [0.15, 0.2) is 53.0 Å². The molecule has 2 aromatic rings. The number of rotatable bonds is 7. The molecule has 148 valence electrons. The summed E-state index contributed by atoms with van der Waals surface area (Å²) in [5.41, 5.74) is 2.02. The number of benzene rings is 2. The van der Waals surface area contributed by atoms with Crippen LogP contribution in [0.2, 0.25) is 0 Å². The standard InChI is InChI=1S/C20H23BrN4O3/c1-13(2)24-20(28)25-17-8-6-14(7-9-17)11-22-18(26)12-23-19(27)15-4-3-5-16(21)10-15/h3-10,13H,11-12H2,1-2H3,(H,22,26)(H,23,27)(H2,24,25,28). The zero-order valence-corrected chi connectivity index (χ0v) is 17.3. The van der Waals surface area contributed by atoms with Gasteiger partial charge in [0.25, 0.3) is 5.91 Å². The highest BCUT2D eigenvalue weighted by Crippen LogP contribution is 2.11. The van der Waals surface area contributed by atoms with E-state index >= 15 is 0 Å². The normalized spacial score (nSPS) is 10.3. The van der Waals surface area contributed by atoms with Gasteiger partial charge in [0.2, 0.25) is 5.91 Å². The molecule has 2 aromatic carbocycles. The van der Waals surface area contributed by atoms with Crippen LogP contribution < -0.4 is 21.3 Å². The van der Waals surface area contributed by atoms with Crippen LogP contribution in [0.5, 0.6) is 0 Å². The van der Waals surface area contributed by atoms with Crippen molar-refractivity contribution in [1.29, 1.82) is 0 Å². The van der Waals surface area contributed by atoms with Gasteiger partial charge >= 0.3 is 6.03 Å².